The molecule has 2 aliphatic rings. The number of fused-ring (bicyclic) bond motifs is 1. The lowest BCUT2D eigenvalue weighted by molar-refractivity contribution is -0.143. The van der Waals surface area contributed by atoms with E-state index in [0.29, 0.717) is 18.6 Å². The monoisotopic (exact) mass is 449 g/mol. The van der Waals surface area contributed by atoms with Gasteiger partial charge in [0.25, 0.3) is 0 Å². The molecular weight excluding hydrogens is 431 g/mol. The predicted octanol–water partition coefficient (Wildman–Crippen LogP) is 3.21. The van der Waals surface area contributed by atoms with E-state index in [1.54, 1.807) is 4.90 Å². The molecule has 1 aromatic rings. The fraction of sp³-hybridized carbons (Fsp3) is 0.500. The molecule has 0 aliphatic carbocycles. The molecule has 1 aromatic carbocycles. The highest BCUT2D eigenvalue weighted by Crippen LogP contribution is 2.47. The molecule has 29 heavy (non-hydrogen) atoms. The van der Waals surface area contributed by atoms with Crippen molar-refractivity contribution in [2.24, 2.45) is 0 Å². The molecule has 6 nitrogen and oxygen atoms in total. The Balaban J connectivity index is 1.64. The van der Waals surface area contributed by atoms with E-state index in [-0.39, 0.29) is 24.0 Å². The van der Waals surface area contributed by atoms with Gasteiger partial charge in [-0.2, -0.15) is 13.2 Å². The number of carbonyl (C=O) groups is 3. The maximum absolute atomic E-state index is 12.9. The third-order valence-electron chi connectivity index (χ3n) is 5.04. The van der Waals surface area contributed by atoms with Gasteiger partial charge in [0.05, 0.1) is 22.0 Å². The van der Waals surface area contributed by atoms with Gasteiger partial charge in [-0.05, 0) is 31.5 Å². The van der Waals surface area contributed by atoms with Crippen LogP contribution in [0.1, 0.15) is 25.3 Å². The number of hydrogen-bond donors (Lipinski definition) is 1. The molecule has 2 saturated heterocycles. The minimum Gasteiger partial charge on any atom is -0.335 e. The second-order valence-electron chi connectivity index (χ2n) is 7.20. The van der Waals surface area contributed by atoms with Gasteiger partial charge < -0.3 is 15.1 Å². The maximum Gasteiger partial charge on any atom is 0.417 e. The van der Waals surface area contributed by atoms with Gasteiger partial charge in [0.2, 0.25) is 17.7 Å². The Kier molecular flexibility index (Phi) is 5.79. The van der Waals surface area contributed by atoms with Crippen molar-refractivity contribution < 1.29 is 27.6 Å². The van der Waals surface area contributed by atoms with Crippen molar-refractivity contribution in [3.8, 4) is 0 Å². The lowest BCUT2D eigenvalue weighted by Crippen LogP contribution is -2.51. The molecule has 2 heterocycles. The van der Waals surface area contributed by atoms with Crippen LogP contribution in [0.5, 0.6) is 0 Å². The third-order valence-corrected chi connectivity index (χ3v) is 6.88. The van der Waals surface area contributed by atoms with Gasteiger partial charge in [-0.1, -0.05) is 11.6 Å². The summed E-state index contributed by atoms with van der Waals surface area (Å²) in [4.78, 5) is 39.5. The summed E-state index contributed by atoms with van der Waals surface area (Å²) in [7, 11) is 1.42. The number of likely N-dealkylation sites (N-methyl/N-ethyl adjacent to an activating group) is 1. The van der Waals surface area contributed by atoms with Gasteiger partial charge in [0.15, 0.2) is 0 Å². The molecule has 2 aliphatic heterocycles. The SMILES string of the molecule is CN(CC(=O)Nc1ccc(Cl)c(C(F)(F)F)c1)C(=O)[C@H]1CS[C@@]2(C)CCC(=O)N12. The van der Waals surface area contributed by atoms with E-state index in [2.05, 4.69) is 5.32 Å². The second-order valence-corrected chi connectivity index (χ2v) is 9.11. The minimum absolute atomic E-state index is 0.0775. The normalized spacial score (nSPS) is 23.9. The number of nitrogens with one attached hydrogen (secondary N) is 1. The standard InChI is InChI=1S/C18H19ClF3N3O3S/c1-17-6-5-15(27)25(17)13(9-29-17)16(28)24(2)8-14(26)23-10-3-4-12(19)11(7-10)18(20,21)22/h3-4,7,13H,5-6,8-9H2,1-2H3,(H,23,26)/t13-,17+/m1/s1. The summed E-state index contributed by atoms with van der Waals surface area (Å²) in [5, 5.41) is 1.87. The van der Waals surface area contributed by atoms with Crippen molar-refractivity contribution in [1.29, 1.82) is 0 Å². The van der Waals surface area contributed by atoms with Crippen LogP contribution in [0.4, 0.5) is 18.9 Å². The lowest BCUT2D eigenvalue weighted by atomic mass is 10.2. The summed E-state index contributed by atoms with van der Waals surface area (Å²) >= 11 is 7.10. The molecule has 0 unspecified atom stereocenters. The average Bonchev–Trinajstić information content (AvgIpc) is 3.11. The first-order valence-electron chi connectivity index (χ1n) is 8.80. The summed E-state index contributed by atoms with van der Waals surface area (Å²) in [6.45, 7) is 1.56. The van der Waals surface area contributed by atoms with Crippen LogP contribution in [0.25, 0.3) is 0 Å². The molecule has 0 bridgehead atoms. The number of halogens is 4. The molecule has 0 saturated carbocycles. The number of carbonyl (C=O) groups excluding carboxylic acids is 3. The average molecular weight is 450 g/mol. The van der Waals surface area contributed by atoms with Crippen LogP contribution >= 0.6 is 23.4 Å². The first kappa shape index (κ1) is 21.8. The lowest BCUT2D eigenvalue weighted by Gasteiger charge is -2.31. The van der Waals surface area contributed by atoms with Crippen LogP contribution in [0, 0.1) is 0 Å². The Morgan fingerprint density at radius 3 is 2.76 bits per heavy atom. The molecule has 2 fully saturated rings. The zero-order chi connectivity index (χ0) is 21.6. The number of alkyl halides is 3. The van der Waals surface area contributed by atoms with Crippen molar-refractivity contribution in [2.75, 3.05) is 24.7 Å². The van der Waals surface area contributed by atoms with Crippen LogP contribution in [0.3, 0.4) is 0 Å². The van der Waals surface area contributed by atoms with E-state index in [1.165, 1.54) is 29.8 Å². The van der Waals surface area contributed by atoms with E-state index in [1.807, 2.05) is 6.92 Å². The van der Waals surface area contributed by atoms with Gasteiger partial charge in [-0.25, -0.2) is 0 Å². The predicted molar refractivity (Wildman–Crippen MR) is 103 cm³/mol. The van der Waals surface area contributed by atoms with Gasteiger partial charge in [-0.15, -0.1) is 11.8 Å². The van der Waals surface area contributed by atoms with Crippen molar-refractivity contribution in [3.05, 3.63) is 28.8 Å². The van der Waals surface area contributed by atoms with E-state index in [9.17, 15) is 27.6 Å². The first-order valence-corrected chi connectivity index (χ1v) is 10.2. The molecule has 3 amide bonds. The van der Waals surface area contributed by atoms with Crippen molar-refractivity contribution in [3.63, 3.8) is 0 Å². The van der Waals surface area contributed by atoms with E-state index < -0.39 is 33.6 Å². The summed E-state index contributed by atoms with van der Waals surface area (Å²) in [6.07, 6.45) is -3.60. The largest absolute Gasteiger partial charge is 0.417 e. The molecule has 2 atom stereocenters. The maximum atomic E-state index is 12.9. The van der Waals surface area contributed by atoms with Gasteiger partial charge in [0, 0.05) is 24.9 Å². The first-order chi connectivity index (χ1) is 13.4. The van der Waals surface area contributed by atoms with Crippen LogP contribution in [-0.2, 0) is 20.6 Å². The van der Waals surface area contributed by atoms with Crippen molar-refractivity contribution in [1.82, 2.24) is 9.80 Å². The highest BCUT2D eigenvalue weighted by atomic mass is 35.5. The Bertz CT molecular complexity index is 866. The Morgan fingerprint density at radius 1 is 1.41 bits per heavy atom. The van der Waals surface area contributed by atoms with Crippen LogP contribution in [-0.4, -0.2) is 57.8 Å². The Hall–Kier alpha value is -1.94. The highest BCUT2D eigenvalue weighted by Gasteiger charge is 2.53. The molecule has 0 aromatic heterocycles. The zero-order valence-electron chi connectivity index (χ0n) is 15.7. The van der Waals surface area contributed by atoms with E-state index in [4.69, 9.17) is 11.6 Å². The molecule has 158 valence electrons. The zero-order valence-corrected chi connectivity index (χ0v) is 17.2. The van der Waals surface area contributed by atoms with Crippen molar-refractivity contribution in [2.45, 2.75) is 36.9 Å². The van der Waals surface area contributed by atoms with E-state index >= 15 is 0 Å². The number of nitrogens with zero attached hydrogens (tertiary/aromatic N) is 2. The Labute approximate surface area is 174 Å². The molecule has 11 heteroatoms. The number of anilines is 1. The summed E-state index contributed by atoms with van der Waals surface area (Å²) in [5.74, 6) is -0.676. The quantitative estimate of drug-likeness (QED) is 0.766. The van der Waals surface area contributed by atoms with Gasteiger partial charge in [-0.3, -0.25) is 14.4 Å². The van der Waals surface area contributed by atoms with Crippen molar-refractivity contribution >= 4 is 46.8 Å². The van der Waals surface area contributed by atoms with Gasteiger partial charge >= 0.3 is 6.18 Å². The number of hydrogen-bond acceptors (Lipinski definition) is 4. The fourth-order valence-corrected chi connectivity index (χ4v) is 5.22. The van der Waals surface area contributed by atoms with Gasteiger partial charge in [0.1, 0.15) is 6.04 Å². The smallest absolute Gasteiger partial charge is 0.335 e. The van der Waals surface area contributed by atoms with Crippen LogP contribution in [0.15, 0.2) is 18.2 Å². The third kappa shape index (κ3) is 4.32. The van der Waals surface area contributed by atoms with E-state index in [0.717, 1.165) is 12.1 Å². The summed E-state index contributed by atoms with van der Waals surface area (Å²) < 4.78 is 38.8. The number of benzene rings is 1. The number of amides is 3. The topological polar surface area (TPSA) is 69.7 Å². The highest BCUT2D eigenvalue weighted by molar-refractivity contribution is 8.01. The Morgan fingerprint density at radius 2 is 2.10 bits per heavy atom. The molecule has 1 N–H and O–H groups in total. The molecule has 0 spiro atoms. The fourth-order valence-electron chi connectivity index (χ4n) is 3.57. The molecular formula is C18H19ClF3N3O3S. The molecule has 3 rings (SSSR count). The minimum atomic E-state index is -4.65. The van der Waals surface area contributed by atoms with Crippen LogP contribution in [0.2, 0.25) is 5.02 Å². The molecule has 0 radical (unpaired) electrons. The second kappa shape index (κ2) is 7.71. The number of thioether (sulfide) groups is 1. The summed E-state index contributed by atoms with van der Waals surface area (Å²) in [5.41, 5.74) is -1.14. The number of rotatable bonds is 4. The van der Waals surface area contributed by atoms with Crippen LogP contribution < -0.4 is 5.32 Å². The summed E-state index contributed by atoms with van der Waals surface area (Å²) in [6, 6.07) is 2.39.